The molecule has 26 heavy (non-hydrogen) atoms. The molecule has 3 rings (SSSR count). The lowest BCUT2D eigenvalue weighted by atomic mass is 10.1. The Morgan fingerprint density at radius 1 is 1.19 bits per heavy atom. The average Bonchev–Trinajstić information content (AvgIpc) is 3.07. The molecule has 2 aromatic rings. The molecule has 10 heteroatoms. The summed E-state index contributed by atoms with van der Waals surface area (Å²) in [4.78, 5) is 34.0. The molecule has 3 N–H and O–H groups in total. The highest BCUT2D eigenvalue weighted by Gasteiger charge is 2.18. The summed E-state index contributed by atoms with van der Waals surface area (Å²) in [5, 5.41) is 13.3. The number of fused-ring (bicyclic) bond motifs is 1. The van der Waals surface area contributed by atoms with Crippen LogP contribution in [-0.4, -0.2) is 30.2 Å². The van der Waals surface area contributed by atoms with Crippen LogP contribution in [0.15, 0.2) is 36.4 Å². The number of anilines is 2. The zero-order valence-corrected chi connectivity index (χ0v) is 13.3. The van der Waals surface area contributed by atoms with E-state index < -0.39 is 23.4 Å². The van der Waals surface area contributed by atoms with Gasteiger partial charge in [-0.3, -0.25) is 14.9 Å². The zero-order chi connectivity index (χ0) is 18.7. The number of esters is 1. The first-order chi connectivity index (χ1) is 12.4. The van der Waals surface area contributed by atoms with E-state index in [0.717, 1.165) is 6.07 Å². The van der Waals surface area contributed by atoms with Crippen LogP contribution in [0.1, 0.15) is 10.4 Å². The van der Waals surface area contributed by atoms with Gasteiger partial charge in [-0.2, -0.15) is 0 Å². The summed E-state index contributed by atoms with van der Waals surface area (Å²) in [5.74, 6) is -0.479. The van der Waals surface area contributed by atoms with Crippen LogP contribution in [0, 0.1) is 10.1 Å². The number of nitrogens with two attached hydrogens (primary N) is 1. The molecule has 0 fully saturated rings. The summed E-state index contributed by atoms with van der Waals surface area (Å²) in [6, 6.07) is 8.19. The summed E-state index contributed by atoms with van der Waals surface area (Å²) < 4.78 is 15.2. The Kier molecular flexibility index (Phi) is 4.56. The van der Waals surface area contributed by atoms with E-state index in [4.69, 9.17) is 19.9 Å². The van der Waals surface area contributed by atoms with Crippen LogP contribution in [0.5, 0.6) is 11.5 Å². The number of amides is 1. The van der Waals surface area contributed by atoms with Crippen molar-refractivity contribution in [3.05, 3.63) is 52.1 Å². The Hall–Kier alpha value is -3.82. The minimum absolute atomic E-state index is 0.0109. The Bertz CT molecular complexity index is 897. The lowest BCUT2D eigenvalue weighted by molar-refractivity contribution is -0.384. The molecule has 134 valence electrons. The topological polar surface area (TPSA) is 143 Å². The standard InChI is InChI=1S/C16H13N3O7/c17-12-3-2-10(19(22)23)6-11(12)16(21)24-7-15(20)18-9-1-4-13-14(5-9)26-8-25-13/h1-6H,7-8,17H2,(H,18,20). The molecule has 1 aliphatic rings. The van der Waals surface area contributed by atoms with Crippen LogP contribution in [0.4, 0.5) is 17.1 Å². The molecule has 0 atom stereocenters. The number of carbonyl (C=O) groups excluding carboxylic acids is 2. The zero-order valence-electron chi connectivity index (χ0n) is 13.3. The molecule has 1 heterocycles. The highest BCUT2D eigenvalue weighted by atomic mass is 16.7. The molecule has 0 saturated heterocycles. The number of nitro benzene ring substituents is 1. The molecular weight excluding hydrogens is 346 g/mol. The number of nitro groups is 1. The number of hydrogen-bond acceptors (Lipinski definition) is 8. The fraction of sp³-hybridized carbons (Fsp3) is 0.125. The van der Waals surface area contributed by atoms with Crippen molar-refractivity contribution in [1.82, 2.24) is 0 Å². The number of non-ortho nitro benzene ring substituents is 1. The van der Waals surface area contributed by atoms with Crippen LogP contribution in [0.3, 0.4) is 0 Å². The highest BCUT2D eigenvalue weighted by Crippen LogP contribution is 2.34. The van der Waals surface area contributed by atoms with E-state index in [9.17, 15) is 19.7 Å². The maximum Gasteiger partial charge on any atom is 0.341 e. The van der Waals surface area contributed by atoms with Gasteiger partial charge in [-0.25, -0.2) is 4.79 Å². The second-order valence-electron chi connectivity index (χ2n) is 5.22. The molecule has 10 nitrogen and oxygen atoms in total. The average molecular weight is 359 g/mol. The minimum atomic E-state index is -0.938. The molecule has 0 bridgehead atoms. The molecule has 1 amide bonds. The first kappa shape index (κ1) is 17.0. The first-order valence-electron chi connectivity index (χ1n) is 7.34. The van der Waals surface area contributed by atoms with Gasteiger partial charge in [-0.1, -0.05) is 0 Å². The largest absolute Gasteiger partial charge is 0.454 e. The fourth-order valence-electron chi connectivity index (χ4n) is 2.21. The van der Waals surface area contributed by atoms with Gasteiger partial charge in [-0.05, 0) is 18.2 Å². The van der Waals surface area contributed by atoms with E-state index in [1.54, 1.807) is 18.2 Å². The number of hydrogen-bond donors (Lipinski definition) is 2. The summed E-state index contributed by atoms with van der Waals surface area (Å²) in [7, 11) is 0. The van der Waals surface area contributed by atoms with Gasteiger partial charge in [0.05, 0.1) is 10.5 Å². The third kappa shape index (κ3) is 3.64. The van der Waals surface area contributed by atoms with Crippen LogP contribution in [-0.2, 0) is 9.53 Å². The lowest BCUT2D eigenvalue weighted by Crippen LogP contribution is -2.21. The summed E-state index contributed by atoms with van der Waals surface area (Å²) in [6.45, 7) is -0.482. The molecule has 0 unspecified atom stereocenters. The third-order valence-corrected chi connectivity index (χ3v) is 3.46. The van der Waals surface area contributed by atoms with E-state index in [1.165, 1.54) is 12.1 Å². The Balaban J connectivity index is 1.60. The second kappa shape index (κ2) is 6.97. The van der Waals surface area contributed by atoms with Crippen LogP contribution >= 0.6 is 0 Å². The van der Waals surface area contributed by atoms with Gasteiger partial charge in [0.15, 0.2) is 18.1 Å². The van der Waals surface area contributed by atoms with Crippen LogP contribution < -0.4 is 20.5 Å². The molecule has 0 saturated carbocycles. The van der Waals surface area contributed by atoms with E-state index in [2.05, 4.69) is 5.32 Å². The third-order valence-electron chi connectivity index (χ3n) is 3.46. The molecule has 1 aliphatic heterocycles. The van der Waals surface area contributed by atoms with Gasteiger partial charge in [-0.15, -0.1) is 0 Å². The van der Waals surface area contributed by atoms with Gasteiger partial charge < -0.3 is 25.3 Å². The Labute approximate surface area is 146 Å². The highest BCUT2D eigenvalue weighted by molar-refractivity contribution is 5.98. The Morgan fingerprint density at radius 2 is 1.96 bits per heavy atom. The second-order valence-corrected chi connectivity index (χ2v) is 5.22. The lowest BCUT2D eigenvalue weighted by Gasteiger charge is -2.08. The number of ether oxygens (including phenoxy) is 3. The van der Waals surface area contributed by atoms with Crippen molar-refractivity contribution in [2.45, 2.75) is 0 Å². The van der Waals surface area contributed by atoms with Crippen LogP contribution in [0.2, 0.25) is 0 Å². The van der Waals surface area contributed by atoms with Crippen molar-refractivity contribution >= 4 is 28.9 Å². The van der Waals surface area contributed by atoms with Crippen molar-refractivity contribution in [2.75, 3.05) is 24.5 Å². The smallest absolute Gasteiger partial charge is 0.341 e. The predicted octanol–water partition coefficient (Wildman–Crippen LogP) is 1.70. The summed E-state index contributed by atoms with van der Waals surface area (Å²) in [5.41, 5.74) is 5.57. The summed E-state index contributed by atoms with van der Waals surface area (Å²) in [6.07, 6.45) is 0. The Morgan fingerprint density at radius 3 is 2.73 bits per heavy atom. The number of carbonyl (C=O) groups is 2. The van der Waals surface area contributed by atoms with E-state index in [0.29, 0.717) is 17.2 Å². The monoisotopic (exact) mass is 359 g/mol. The van der Waals surface area contributed by atoms with Gasteiger partial charge >= 0.3 is 5.97 Å². The van der Waals surface area contributed by atoms with E-state index >= 15 is 0 Å². The van der Waals surface area contributed by atoms with E-state index in [-0.39, 0.29) is 23.7 Å². The molecular formula is C16H13N3O7. The molecule has 2 aromatic carbocycles. The SMILES string of the molecule is Nc1ccc([N+](=O)[O-])cc1C(=O)OCC(=O)Nc1ccc2c(c1)OCO2. The number of nitrogen functional groups attached to an aromatic ring is 1. The normalized spacial score (nSPS) is 11.7. The van der Waals surface area contributed by atoms with Crippen molar-refractivity contribution in [2.24, 2.45) is 0 Å². The molecule has 0 radical (unpaired) electrons. The van der Waals surface area contributed by atoms with Gasteiger partial charge in [0.2, 0.25) is 6.79 Å². The number of benzene rings is 2. The first-order valence-corrected chi connectivity index (χ1v) is 7.34. The number of nitrogens with zero attached hydrogens (tertiary/aromatic N) is 1. The van der Waals surface area contributed by atoms with Crippen molar-refractivity contribution < 1.29 is 28.7 Å². The van der Waals surface area contributed by atoms with Gasteiger partial charge in [0.25, 0.3) is 11.6 Å². The van der Waals surface area contributed by atoms with Gasteiger partial charge in [0, 0.05) is 29.6 Å². The predicted molar refractivity (Wildman–Crippen MR) is 89.0 cm³/mol. The number of rotatable bonds is 5. The minimum Gasteiger partial charge on any atom is -0.454 e. The van der Waals surface area contributed by atoms with Crippen LogP contribution in [0.25, 0.3) is 0 Å². The molecule has 0 spiro atoms. The maximum atomic E-state index is 12.0. The quantitative estimate of drug-likeness (QED) is 0.355. The van der Waals surface area contributed by atoms with Crippen molar-refractivity contribution in [1.29, 1.82) is 0 Å². The van der Waals surface area contributed by atoms with Crippen molar-refractivity contribution in [3.63, 3.8) is 0 Å². The molecule has 0 aromatic heterocycles. The van der Waals surface area contributed by atoms with Gasteiger partial charge in [0.1, 0.15) is 0 Å². The number of nitrogens with one attached hydrogen (secondary N) is 1. The van der Waals surface area contributed by atoms with Crippen molar-refractivity contribution in [3.8, 4) is 11.5 Å². The van der Waals surface area contributed by atoms with E-state index in [1.807, 2.05) is 0 Å². The maximum absolute atomic E-state index is 12.0. The fourth-order valence-corrected chi connectivity index (χ4v) is 2.21. The molecule has 0 aliphatic carbocycles. The summed E-state index contributed by atoms with van der Waals surface area (Å²) >= 11 is 0.